The molecule has 0 radical (unpaired) electrons. The van der Waals surface area contributed by atoms with Crippen molar-refractivity contribution in [2.24, 2.45) is 0 Å². The number of imide groups is 1. The van der Waals surface area contributed by atoms with Crippen molar-refractivity contribution in [2.45, 2.75) is 20.5 Å². The predicted molar refractivity (Wildman–Crippen MR) is 160 cm³/mol. The minimum atomic E-state index is -0.527. The third-order valence-electron chi connectivity index (χ3n) is 5.39. The molecule has 1 fully saturated rings. The van der Waals surface area contributed by atoms with E-state index in [2.05, 4.69) is 37.2 Å². The van der Waals surface area contributed by atoms with Crippen LogP contribution in [0.5, 0.6) is 5.75 Å². The first-order valence-corrected chi connectivity index (χ1v) is 14.4. The number of hydrogen-bond donors (Lipinski definition) is 1. The van der Waals surface area contributed by atoms with Crippen molar-refractivity contribution in [3.05, 3.63) is 94.7 Å². The summed E-state index contributed by atoms with van der Waals surface area (Å²) in [5.41, 5.74) is 4.04. The molecule has 0 bridgehead atoms. The van der Waals surface area contributed by atoms with Gasteiger partial charge in [0.05, 0.1) is 13.9 Å². The van der Waals surface area contributed by atoms with Gasteiger partial charge in [-0.25, -0.2) is 0 Å². The number of amides is 3. The quantitative estimate of drug-likeness (QED) is 0.251. The molecule has 6 nitrogen and oxygen atoms in total. The first-order chi connectivity index (χ1) is 18.0. The van der Waals surface area contributed by atoms with Crippen LogP contribution in [-0.4, -0.2) is 28.5 Å². The van der Waals surface area contributed by atoms with Crippen molar-refractivity contribution in [3.63, 3.8) is 0 Å². The average molecular weight is 699 g/mol. The second-order valence-electron chi connectivity index (χ2n) is 8.53. The normalized spacial score (nSPS) is 14.4. The molecule has 0 saturated carbocycles. The molecular formula is C27H20Br2Cl2N2O4S. The minimum absolute atomic E-state index is 0.217. The first-order valence-electron chi connectivity index (χ1n) is 11.2. The zero-order valence-electron chi connectivity index (χ0n) is 20.1. The van der Waals surface area contributed by atoms with E-state index < -0.39 is 17.1 Å². The number of carbonyl (C=O) groups excluding carboxylic acids is 3. The summed E-state index contributed by atoms with van der Waals surface area (Å²) in [6.07, 6.45) is 1.60. The zero-order chi connectivity index (χ0) is 27.6. The summed E-state index contributed by atoms with van der Waals surface area (Å²) in [6, 6.07) is 14.3. The largest absolute Gasteiger partial charge is 0.486 e. The maximum Gasteiger partial charge on any atom is 0.294 e. The van der Waals surface area contributed by atoms with E-state index in [1.807, 2.05) is 32.0 Å². The first kappa shape index (κ1) is 28.7. The lowest BCUT2D eigenvalue weighted by atomic mass is 10.1. The number of anilines is 1. The third kappa shape index (κ3) is 7.01. The van der Waals surface area contributed by atoms with Crippen LogP contribution in [0.1, 0.15) is 22.3 Å². The molecule has 1 heterocycles. The van der Waals surface area contributed by atoms with Crippen LogP contribution in [0.4, 0.5) is 10.5 Å². The van der Waals surface area contributed by atoms with Crippen LogP contribution in [0.3, 0.4) is 0 Å². The lowest BCUT2D eigenvalue weighted by molar-refractivity contribution is -0.127. The lowest BCUT2D eigenvalue weighted by Crippen LogP contribution is -2.36. The Morgan fingerprint density at radius 3 is 2.32 bits per heavy atom. The molecule has 3 aromatic carbocycles. The Morgan fingerprint density at radius 1 is 1.03 bits per heavy atom. The van der Waals surface area contributed by atoms with E-state index in [1.54, 1.807) is 36.4 Å². The van der Waals surface area contributed by atoms with Crippen LogP contribution in [0, 0.1) is 13.8 Å². The molecule has 1 aliphatic heterocycles. The second-order valence-corrected chi connectivity index (χ2v) is 12.1. The lowest BCUT2D eigenvalue weighted by Gasteiger charge is -2.13. The highest BCUT2D eigenvalue weighted by Gasteiger charge is 2.36. The van der Waals surface area contributed by atoms with Crippen molar-refractivity contribution < 1.29 is 19.1 Å². The van der Waals surface area contributed by atoms with Gasteiger partial charge in [0, 0.05) is 21.3 Å². The molecule has 0 unspecified atom stereocenters. The highest BCUT2D eigenvalue weighted by Crippen LogP contribution is 2.38. The smallest absolute Gasteiger partial charge is 0.294 e. The summed E-state index contributed by atoms with van der Waals surface area (Å²) in [5.74, 6) is -0.434. The van der Waals surface area contributed by atoms with E-state index in [9.17, 15) is 14.4 Å². The number of nitrogens with zero attached hydrogens (tertiary/aromatic N) is 1. The Bertz CT molecular complexity index is 1450. The van der Waals surface area contributed by atoms with E-state index in [0.29, 0.717) is 36.0 Å². The van der Waals surface area contributed by atoms with Gasteiger partial charge in [0.25, 0.3) is 11.1 Å². The van der Waals surface area contributed by atoms with Gasteiger partial charge in [-0.1, -0.05) is 35.3 Å². The van der Waals surface area contributed by atoms with Crippen LogP contribution in [0.2, 0.25) is 10.0 Å². The number of nitrogens with one attached hydrogen (secondary N) is 1. The van der Waals surface area contributed by atoms with Gasteiger partial charge < -0.3 is 10.1 Å². The Hall–Kier alpha value is -2.30. The van der Waals surface area contributed by atoms with Crippen LogP contribution < -0.4 is 10.1 Å². The fraction of sp³-hybridized carbons (Fsp3) is 0.148. The van der Waals surface area contributed by atoms with Gasteiger partial charge in [-0.3, -0.25) is 19.3 Å². The van der Waals surface area contributed by atoms with Crippen LogP contribution in [-0.2, 0) is 16.2 Å². The molecule has 196 valence electrons. The number of ether oxygens (including phenoxy) is 1. The summed E-state index contributed by atoms with van der Waals surface area (Å²) in [7, 11) is 0. The zero-order valence-corrected chi connectivity index (χ0v) is 25.6. The molecule has 3 amide bonds. The fourth-order valence-electron chi connectivity index (χ4n) is 3.77. The molecule has 0 aromatic heterocycles. The Kier molecular flexibility index (Phi) is 9.26. The molecule has 0 atom stereocenters. The Balaban J connectivity index is 1.44. The SMILES string of the molecule is Cc1cc(C)cc(NC(=O)CN2C(=O)S/C(=C/c3cc(Br)c(OCc4ccc(Cl)cc4Cl)c(Br)c3)C2=O)c1. The number of rotatable bonds is 7. The summed E-state index contributed by atoms with van der Waals surface area (Å²) < 4.78 is 7.21. The fourth-order valence-corrected chi connectivity index (χ4v) is 6.52. The van der Waals surface area contributed by atoms with Crippen molar-refractivity contribution in [1.82, 2.24) is 4.90 Å². The highest BCUT2D eigenvalue weighted by atomic mass is 79.9. The molecule has 1 N–H and O–H groups in total. The summed E-state index contributed by atoms with van der Waals surface area (Å²) in [4.78, 5) is 39.2. The Labute approximate surface area is 251 Å². The van der Waals surface area contributed by atoms with Crippen LogP contribution in [0.25, 0.3) is 6.08 Å². The molecule has 38 heavy (non-hydrogen) atoms. The van der Waals surface area contributed by atoms with E-state index in [-0.39, 0.29) is 18.1 Å². The third-order valence-corrected chi connectivity index (χ3v) is 8.06. The summed E-state index contributed by atoms with van der Waals surface area (Å²) in [5, 5.41) is 3.29. The average Bonchev–Trinajstić information content (AvgIpc) is 3.06. The van der Waals surface area contributed by atoms with Gasteiger partial charge in [0.15, 0.2) is 0 Å². The highest BCUT2D eigenvalue weighted by molar-refractivity contribution is 9.11. The van der Waals surface area contributed by atoms with Crippen molar-refractivity contribution in [2.75, 3.05) is 11.9 Å². The molecule has 3 aromatic rings. The van der Waals surface area contributed by atoms with Gasteiger partial charge in [-0.2, -0.15) is 0 Å². The number of carbonyl (C=O) groups is 3. The standard InChI is InChI=1S/C27H20Br2Cl2N2O4S/c1-14-5-15(2)7-19(6-14)32-24(34)12-33-26(35)23(38-27(33)36)10-16-8-20(28)25(21(29)9-16)37-13-17-3-4-18(30)11-22(17)31/h3-11H,12-13H2,1-2H3,(H,32,34)/b23-10+. The molecule has 11 heteroatoms. The topological polar surface area (TPSA) is 75.7 Å². The number of hydrogen-bond acceptors (Lipinski definition) is 5. The monoisotopic (exact) mass is 696 g/mol. The molecule has 1 saturated heterocycles. The number of benzene rings is 3. The predicted octanol–water partition coefficient (Wildman–Crippen LogP) is 8.39. The van der Waals surface area contributed by atoms with Crippen molar-refractivity contribution in [3.8, 4) is 5.75 Å². The van der Waals surface area contributed by atoms with Crippen molar-refractivity contribution in [1.29, 1.82) is 0 Å². The molecule has 0 spiro atoms. The molecular weight excluding hydrogens is 679 g/mol. The number of aryl methyl sites for hydroxylation is 2. The maximum atomic E-state index is 12.9. The summed E-state index contributed by atoms with van der Waals surface area (Å²) in [6.45, 7) is 3.70. The number of halogens is 4. The molecule has 4 rings (SSSR count). The van der Waals surface area contributed by atoms with E-state index in [1.165, 1.54) is 0 Å². The molecule has 0 aliphatic carbocycles. The van der Waals surface area contributed by atoms with Gasteiger partial charge in [-0.05, 0) is 117 Å². The van der Waals surface area contributed by atoms with E-state index in [0.717, 1.165) is 33.4 Å². The summed E-state index contributed by atoms with van der Waals surface area (Å²) >= 11 is 20.0. The Morgan fingerprint density at radius 2 is 1.68 bits per heavy atom. The van der Waals surface area contributed by atoms with Gasteiger partial charge in [-0.15, -0.1) is 0 Å². The van der Waals surface area contributed by atoms with E-state index >= 15 is 0 Å². The van der Waals surface area contributed by atoms with Crippen LogP contribution >= 0.6 is 66.8 Å². The van der Waals surface area contributed by atoms with E-state index in [4.69, 9.17) is 27.9 Å². The maximum absolute atomic E-state index is 12.9. The van der Waals surface area contributed by atoms with Crippen molar-refractivity contribution >= 4 is 95.6 Å². The van der Waals surface area contributed by atoms with Gasteiger partial charge >= 0.3 is 0 Å². The number of thioether (sulfide) groups is 1. The second kappa shape index (κ2) is 12.3. The van der Waals surface area contributed by atoms with Crippen LogP contribution in [0.15, 0.2) is 62.4 Å². The van der Waals surface area contributed by atoms with Gasteiger partial charge in [0.2, 0.25) is 5.91 Å². The molecule has 1 aliphatic rings. The van der Waals surface area contributed by atoms with Gasteiger partial charge in [0.1, 0.15) is 18.9 Å². The minimum Gasteiger partial charge on any atom is -0.486 e.